The smallest absolute Gasteiger partial charge is 0.0726 e. The highest BCUT2D eigenvalue weighted by Gasteiger charge is 2.54. The molecule has 2 aliphatic carbocycles. The molecule has 2 nitrogen and oxygen atoms in total. The number of pyridine rings is 1. The average Bonchev–Trinajstić information content (AvgIpc) is 2.89. The molecule has 8 rings (SSSR count). The van der Waals surface area contributed by atoms with E-state index in [1.807, 2.05) is 12.4 Å². The molecule has 0 N–H and O–H groups in total. The van der Waals surface area contributed by atoms with E-state index in [1.165, 1.54) is 49.5 Å². The van der Waals surface area contributed by atoms with Gasteiger partial charge < -0.3 is 4.90 Å². The lowest BCUT2D eigenvalue weighted by Gasteiger charge is -2.52. The van der Waals surface area contributed by atoms with Crippen molar-refractivity contribution in [1.82, 2.24) is 4.98 Å². The van der Waals surface area contributed by atoms with Crippen LogP contribution in [0.4, 0.5) is 17.1 Å². The molecule has 1 aromatic heterocycles. The van der Waals surface area contributed by atoms with Gasteiger partial charge in [-0.05, 0) is 80.2 Å². The zero-order valence-corrected chi connectivity index (χ0v) is 18.4. The van der Waals surface area contributed by atoms with E-state index in [2.05, 4.69) is 119 Å². The van der Waals surface area contributed by atoms with E-state index in [1.54, 1.807) is 0 Å². The van der Waals surface area contributed by atoms with Gasteiger partial charge in [-0.25, -0.2) is 0 Å². The number of benzene rings is 5. The molecule has 0 fully saturated rings. The number of hydrogen-bond acceptors (Lipinski definition) is 2. The maximum absolute atomic E-state index is 4.26. The molecule has 0 bridgehead atoms. The fourth-order valence-electron chi connectivity index (χ4n) is 6.38. The lowest BCUT2D eigenvalue weighted by molar-refractivity contribution is 0.701. The SMILES string of the molecule is c1ccc(N(c2ccncc2)c2cc3c4c(cccc4c2)C32c3cccc4cccc2c34)cc1. The molecule has 0 aliphatic heterocycles. The number of hydrogen-bond donors (Lipinski definition) is 0. The summed E-state index contributed by atoms with van der Waals surface area (Å²) in [4.78, 5) is 6.59. The number of aromatic nitrogens is 1. The minimum absolute atomic E-state index is 0.123. The van der Waals surface area contributed by atoms with Crippen LogP contribution in [0.15, 0.2) is 122 Å². The molecular formula is C32H20N2. The Morgan fingerprint density at radius 2 is 1.06 bits per heavy atom. The zero-order valence-electron chi connectivity index (χ0n) is 18.4. The first-order valence-corrected chi connectivity index (χ1v) is 11.7. The lowest BCUT2D eigenvalue weighted by atomic mass is 9.49. The number of para-hydroxylation sites is 1. The molecule has 0 atom stereocenters. The number of fused-ring (bicyclic) bond motifs is 4. The van der Waals surface area contributed by atoms with E-state index in [0.29, 0.717) is 0 Å². The van der Waals surface area contributed by atoms with Gasteiger partial charge in [0.25, 0.3) is 0 Å². The van der Waals surface area contributed by atoms with Crippen LogP contribution in [0.25, 0.3) is 21.5 Å². The van der Waals surface area contributed by atoms with Crippen LogP contribution in [-0.2, 0) is 5.41 Å². The van der Waals surface area contributed by atoms with E-state index in [-0.39, 0.29) is 5.41 Å². The summed E-state index contributed by atoms with van der Waals surface area (Å²) in [7, 11) is 0. The first kappa shape index (κ1) is 18.0. The Hall–Kier alpha value is -4.43. The van der Waals surface area contributed by atoms with Gasteiger partial charge in [-0.2, -0.15) is 0 Å². The molecular weight excluding hydrogens is 412 g/mol. The molecule has 5 aromatic carbocycles. The van der Waals surface area contributed by atoms with E-state index in [4.69, 9.17) is 0 Å². The first-order valence-electron chi connectivity index (χ1n) is 11.7. The maximum atomic E-state index is 4.26. The van der Waals surface area contributed by atoms with Crippen molar-refractivity contribution in [2.45, 2.75) is 5.41 Å². The van der Waals surface area contributed by atoms with Crippen LogP contribution >= 0.6 is 0 Å². The summed E-state index contributed by atoms with van der Waals surface area (Å²) in [6.45, 7) is 0. The monoisotopic (exact) mass is 432 g/mol. The molecule has 6 aromatic rings. The van der Waals surface area contributed by atoms with Crippen molar-refractivity contribution in [3.8, 4) is 0 Å². The van der Waals surface area contributed by atoms with Crippen LogP contribution in [0.3, 0.4) is 0 Å². The lowest BCUT2D eigenvalue weighted by Crippen LogP contribution is -2.43. The van der Waals surface area contributed by atoms with E-state index in [0.717, 1.165) is 11.4 Å². The molecule has 1 heterocycles. The molecule has 0 saturated heterocycles. The fourth-order valence-corrected chi connectivity index (χ4v) is 6.38. The summed E-state index contributed by atoms with van der Waals surface area (Å²) in [5.41, 5.74) is 9.02. The zero-order chi connectivity index (χ0) is 22.3. The Labute approximate surface area is 197 Å². The van der Waals surface area contributed by atoms with Crippen LogP contribution in [-0.4, -0.2) is 4.98 Å². The predicted octanol–water partition coefficient (Wildman–Crippen LogP) is 7.87. The van der Waals surface area contributed by atoms with Crippen LogP contribution in [0, 0.1) is 0 Å². The molecule has 0 saturated carbocycles. The summed E-state index contributed by atoms with van der Waals surface area (Å²) in [5.74, 6) is 0. The van der Waals surface area contributed by atoms with Gasteiger partial charge in [-0.3, -0.25) is 4.98 Å². The van der Waals surface area contributed by atoms with E-state index >= 15 is 0 Å². The third-order valence-electron chi connectivity index (χ3n) is 7.68. The van der Waals surface area contributed by atoms with Crippen molar-refractivity contribution in [2.75, 3.05) is 4.90 Å². The minimum Gasteiger partial charge on any atom is -0.310 e. The third kappa shape index (κ3) is 2.04. The second-order valence-corrected chi connectivity index (χ2v) is 9.23. The van der Waals surface area contributed by atoms with Crippen molar-refractivity contribution in [2.24, 2.45) is 0 Å². The highest BCUT2D eigenvalue weighted by atomic mass is 15.1. The van der Waals surface area contributed by atoms with Crippen molar-refractivity contribution >= 4 is 38.6 Å². The van der Waals surface area contributed by atoms with Crippen molar-refractivity contribution in [3.63, 3.8) is 0 Å². The Kier molecular flexibility index (Phi) is 3.36. The number of rotatable bonds is 3. The van der Waals surface area contributed by atoms with Gasteiger partial charge in [0, 0.05) is 29.5 Å². The Morgan fingerprint density at radius 1 is 0.471 bits per heavy atom. The normalized spacial score (nSPS) is 14.1. The molecule has 2 heteroatoms. The summed E-state index contributed by atoms with van der Waals surface area (Å²) in [6, 6.07) is 39.8. The molecule has 34 heavy (non-hydrogen) atoms. The topological polar surface area (TPSA) is 16.1 Å². The summed E-state index contributed by atoms with van der Waals surface area (Å²) in [6.07, 6.45) is 3.73. The second-order valence-electron chi connectivity index (χ2n) is 9.23. The minimum atomic E-state index is -0.123. The quantitative estimate of drug-likeness (QED) is 0.282. The third-order valence-corrected chi connectivity index (χ3v) is 7.68. The fraction of sp³-hybridized carbons (Fsp3) is 0.0312. The molecule has 158 valence electrons. The van der Waals surface area contributed by atoms with E-state index in [9.17, 15) is 0 Å². The largest absolute Gasteiger partial charge is 0.310 e. The van der Waals surface area contributed by atoms with Crippen molar-refractivity contribution in [1.29, 1.82) is 0 Å². The van der Waals surface area contributed by atoms with Crippen LogP contribution in [0.5, 0.6) is 0 Å². The van der Waals surface area contributed by atoms with E-state index < -0.39 is 0 Å². The van der Waals surface area contributed by atoms with Crippen molar-refractivity contribution in [3.05, 3.63) is 144 Å². The van der Waals surface area contributed by atoms with Gasteiger partial charge in [0.2, 0.25) is 0 Å². The van der Waals surface area contributed by atoms with Gasteiger partial charge in [0.1, 0.15) is 0 Å². The molecule has 0 unspecified atom stereocenters. The Bertz CT molecular complexity index is 1680. The van der Waals surface area contributed by atoms with Gasteiger partial charge in [0.15, 0.2) is 0 Å². The van der Waals surface area contributed by atoms with Crippen molar-refractivity contribution < 1.29 is 0 Å². The molecule has 0 amide bonds. The van der Waals surface area contributed by atoms with Gasteiger partial charge >= 0.3 is 0 Å². The highest BCUT2D eigenvalue weighted by molar-refractivity contribution is 6.11. The standard InChI is InChI=1S/C32H20N2/c1-2-10-23(11-3-1)34(24-15-17-33-18-16-24)25-19-22-9-6-14-28-31(22)29(20-25)32(28)26-12-4-7-21-8-5-13-27(32)30(21)26/h1-20H. The van der Waals surface area contributed by atoms with Gasteiger partial charge in [-0.15, -0.1) is 0 Å². The van der Waals surface area contributed by atoms with Crippen LogP contribution < -0.4 is 4.90 Å². The first-order chi connectivity index (χ1) is 16.9. The van der Waals surface area contributed by atoms with Crippen LogP contribution in [0.2, 0.25) is 0 Å². The highest BCUT2D eigenvalue weighted by Crippen LogP contribution is 2.65. The maximum Gasteiger partial charge on any atom is 0.0726 e. The Morgan fingerprint density at radius 3 is 1.74 bits per heavy atom. The summed E-state index contributed by atoms with van der Waals surface area (Å²) >= 11 is 0. The van der Waals surface area contributed by atoms with Gasteiger partial charge in [0.05, 0.1) is 5.41 Å². The van der Waals surface area contributed by atoms with Gasteiger partial charge in [-0.1, -0.05) is 72.8 Å². The summed E-state index contributed by atoms with van der Waals surface area (Å²) in [5, 5.41) is 5.45. The average molecular weight is 433 g/mol. The van der Waals surface area contributed by atoms with Crippen LogP contribution in [0.1, 0.15) is 22.3 Å². The Balaban J connectivity index is 1.42. The predicted molar refractivity (Wildman–Crippen MR) is 139 cm³/mol. The number of nitrogens with zero attached hydrogens (tertiary/aromatic N) is 2. The molecule has 1 spiro atoms. The molecule has 0 radical (unpaired) electrons. The second kappa shape index (κ2) is 6.33. The number of anilines is 3. The molecule has 2 aliphatic rings. The summed E-state index contributed by atoms with van der Waals surface area (Å²) < 4.78 is 0.